The number of rotatable bonds is 7. The summed E-state index contributed by atoms with van der Waals surface area (Å²) in [6, 6.07) is 13.6. The summed E-state index contributed by atoms with van der Waals surface area (Å²) in [4.78, 5) is 15.0. The van der Waals surface area contributed by atoms with Crippen molar-refractivity contribution in [3.8, 4) is 28.7 Å². The average molecular weight is 482 g/mol. The smallest absolute Gasteiger partial charge is 0.277 e. The van der Waals surface area contributed by atoms with Crippen molar-refractivity contribution in [2.75, 3.05) is 32.1 Å². The molecular weight excluding hydrogens is 454 g/mol. The number of carbonyl (C=O) groups excluding carboxylic acids is 1. The second-order valence-corrected chi connectivity index (χ2v) is 9.02. The highest BCUT2D eigenvalue weighted by Crippen LogP contribution is 2.38. The fraction of sp³-hybridized carbons (Fsp3) is 0.400. The molecule has 2 aliphatic rings. The van der Waals surface area contributed by atoms with Crippen molar-refractivity contribution in [1.29, 1.82) is 0 Å². The lowest BCUT2D eigenvalue weighted by atomic mass is 10.0. The summed E-state index contributed by atoms with van der Waals surface area (Å²) in [5.74, 6) is 2.88. The van der Waals surface area contributed by atoms with Crippen LogP contribution in [0, 0.1) is 0 Å². The number of amides is 1. The van der Waals surface area contributed by atoms with Crippen LogP contribution < -0.4 is 14.2 Å². The standard InChI is InChI=1S/C25H27N3O5S/c1-2-30-20-9-4-3-7-18(20)24-26-27-25(33-24)34-16-23(29)28-12-5-8-19(28)17-10-11-21-22(15-17)32-14-6-13-31-21/h3-4,7,9-11,15,19H,2,5-6,8,12-14,16H2,1H3. The molecule has 3 heterocycles. The van der Waals surface area contributed by atoms with E-state index in [-0.39, 0.29) is 17.7 Å². The Kier molecular flexibility index (Phi) is 6.89. The highest BCUT2D eigenvalue weighted by Gasteiger charge is 2.31. The molecule has 0 spiro atoms. The van der Waals surface area contributed by atoms with Crippen LogP contribution in [0.4, 0.5) is 0 Å². The van der Waals surface area contributed by atoms with Gasteiger partial charge in [-0.1, -0.05) is 30.0 Å². The molecule has 1 fully saturated rings. The first-order valence-electron chi connectivity index (χ1n) is 11.6. The summed E-state index contributed by atoms with van der Waals surface area (Å²) >= 11 is 1.26. The maximum absolute atomic E-state index is 13.1. The summed E-state index contributed by atoms with van der Waals surface area (Å²) in [6.45, 7) is 4.50. The number of likely N-dealkylation sites (tertiary alicyclic amines) is 1. The highest BCUT2D eigenvalue weighted by molar-refractivity contribution is 7.99. The fourth-order valence-electron chi connectivity index (χ4n) is 4.31. The van der Waals surface area contributed by atoms with E-state index < -0.39 is 0 Å². The zero-order valence-electron chi connectivity index (χ0n) is 19.1. The fourth-order valence-corrected chi connectivity index (χ4v) is 4.96. The molecule has 0 bridgehead atoms. The normalized spacial score (nSPS) is 17.4. The Morgan fingerprint density at radius 1 is 1.12 bits per heavy atom. The van der Waals surface area contributed by atoms with Gasteiger partial charge in [-0.15, -0.1) is 10.2 Å². The third-order valence-electron chi connectivity index (χ3n) is 5.87. The van der Waals surface area contributed by atoms with Crippen LogP contribution in [-0.4, -0.2) is 53.1 Å². The molecule has 0 N–H and O–H groups in total. The molecule has 178 valence electrons. The topological polar surface area (TPSA) is 86.9 Å². The predicted molar refractivity (Wildman–Crippen MR) is 127 cm³/mol. The predicted octanol–water partition coefficient (Wildman–Crippen LogP) is 4.75. The maximum Gasteiger partial charge on any atom is 0.277 e. The van der Waals surface area contributed by atoms with Crippen LogP contribution in [0.3, 0.4) is 0 Å². The van der Waals surface area contributed by atoms with Crippen LogP contribution in [0.25, 0.3) is 11.5 Å². The van der Waals surface area contributed by atoms with Gasteiger partial charge in [-0.3, -0.25) is 4.79 Å². The first-order valence-corrected chi connectivity index (χ1v) is 12.6. The van der Waals surface area contributed by atoms with Gasteiger partial charge in [0.25, 0.3) is 11.1 Å². The van der Waals surface area contributed by atoms with E-state index in [4.69, 9.17) is 18.6 Å². The number of aromatic nitrogens is 2. The Morgan fingerprint density at radius 3 is 2.85 bits per heavy atom. The Labute approximate surface area is 202 Å². The van der Waals surface area contributed by atoms with Gasteiger partial charge < -0.3 is 23.5 Å². The molecule has 1 saturated heterocycles. The van der Waals surface area contributed by atoms with Gasteiger partial charge in [0.2, 0.25) is 5.91 Å². The van der Waals surface area contributed by atoms with Crippen LogP contribution in [-0.2, 0) is 4.79 Å². The zero-order chi connectivity index (χ0) is 23.3. The number of para-hydroxylation sites is 1. The maximum atomic E-state index is 13.1. The van der Waals surface area contributed by atoms with E-state index in [1.54, 1.807) is 0 Å². The summed E-state index contributed by atoms with van der Waals surface area (Å²) in [6.07, 6.45) is 2.76. The summed E-state index contributed by atoms with van der Waals surface area (Å²) in [7, 11) is 0. The molecule has 8 nitrogen and oxygen atoms in total. The number of hydrogen-bond donors (Lipinski definition) is 0. The van der Waals surface area contributed by atoms with Crippen LogP contribution in [0.15, 0.2) is 52.1 Å². The molecule has 2 aliphatic heterocycles. The van der Waals surface area contributed by atoms with Crippen molar-refractivity contribution in [2.24, 2.45) is 0 Å². The number of thioether (sulfide) groups is 1. The first kappa shape index (κ1) is 22.6. The van der Waals surface area contributed by atoms with Gasteiger partial charge in [0.1, 0.15) is 5.75 Å². The van der Waals surface area contributed by atoms with Gasteiger partial charge in [0, 0.05) is 13.0 Å². The lowest BCUT2D eigenvalue weighted by Crippen LogP contribution is -2.32. The van der Waals surface area contributed by atoms with Gasteiger partial charge in [0.05, 0.1) is 37.2 Å². The number of hydrogen-bond acceptors (Lipinski definition) is 8. The quantitative estimate of drug-likeness (QED) is 0.447. The minimum Gasteiger partial charge on any atom is -0.493 e. The second-order valence-electron chi connectivity index (χ2n) is 8.09. The molecule has 2 aromatic carbocycles. The summed E-state index contributed by atoms with van der Waals surface area (Å²) in [5, 5.41) is 8.63. The molecule has 0 radical (unpaired) electrons. The number of nitrogens with zero attached hydrogens (tertiary/aromatic N) is 3. The number of carbonyl (C=O) groups is 1. The lowest BCUT2D eigenvalue weighted by molar-refractivity contribution is -0.129. The van der Waals surface area contributed by atoms with E-state index in [1.807, 2.05) is 54.3 Å². The number of benzene rings is 2. The third kappa shape index (κ3) is 4.84. The molecule has 1 unspecified atom stereocenters. The molecule has 0 aliphatic carbocycles. The molecule has 34 heavy (non-hydrogen) atoms. The highest BCUT2D eigenvalue weighted by atomic mass is 32.2. The van der Waals surface area contributed by atoms with E-state index in [1.165, 1.54) is 11.8 Å². The Hall–Kier alpha value is -3.20. The minimum atomic E-state index is 0.0292. The largest absolute Gasteiger partial charge is 0.493 e. The third-order valence-corrected chi connectivity index (χ3v) is 6.68. The minimum absolute atomic E-state index is 0.0292. The van der Waals surface area contributed by atoms with Crippen molar-refractivity contribution in [1.82, 2.24) is 15.1 Å². The molecule has 1 aromatic heterocycles. The molecule has 1 amide bonds. The van der Waals surface area contributed by atoms with Crippen molar-refractivity contribution in [2.45, 2.75) is 37.5 Å². The summed E-state index contributed by atoms with van der Waals surface area (Å²) in [5.41, 5.74) is 1.82. The average Bonchev–Trinajstić information content (AvgIpc) is 3.48. The van der Waals surface area contributed by atoms with E-state index in [0.29, 0.717) is 36.7 Å². The molecule has 3 aromatic rings. The SMILES string of the molecule is CCOc1ccccc1-c1nnc(SCC(=O)N2CCCC2c2ccc3c(c2)OCCCO3)o1. The molecular formula is C25H27N3O5S. The van der Waals surface area contributed by atoms with Crippen LogP contribution in [0.1, 0.15) is 37.8 Å². The molecule has 0 saturated carbocycles. The van der Waals surface area contributed by atoms with Crippen molar-refractivity contribution in [3.63, 3.8) is 0 Å². The first-order chi connectivity index (χ1) is 16.7. The van der Waals surface area contributed by atoms with E-state index in [2.05, 4.69) is 10.2 Å². The van der Waals surface area contributed by atoms with Gasteiger partial charge in [0.15, 0.2) is 11.5 Å². The Balaban J connectivity index is 1.24. The van der Waals surface area contributed by atoms with E-state index >= 15 is 0 Å². The van der Waals surface area contributed by atoms with Crippen LogP contribution in [0.2, 0.25) is 0 Å². The molecule has 9 heteroatoms. The zero-order valence-corrected chi connectivity index (χ0v) is 19.9. The van der Waals surface area contributed by atoms with Gasteiger partial charge in [-0.25, -0.2) is 0 Å². The second kappa shape index (κ2) is 10.4. The van der Waals surface area contributed by atoms with Crippen LogP contribution >= 0.6 is 11.8 Å². The van der Waals surface area contributed by atoms with Gasteiger partial charge in [-0.05, 0) is 49.6 Å². The van der Waals surface area contributed by atoms with Crippen LogP contribution in [0.5, 0.6) is 17.2 Å². The number of ether oxygens (including phenoxy) is 3. The molecule has 1 atom stereocenters. The van der Waals surface area contributed by atoms with Crippen molar-refractivity contribution >= 4 is 17.7 Å². The van der Waals surface area contributed by atoms with Gasteiger partial charge in [-0.2, -0.15) is 0 Å². The molecule has 5 rings (SSSR count). The number of fused-ring (bicyclic) bond motifs is 1. The van der Waals surface area contributed by atoms with E-state index in [9.17, 15) is 4.79 Å². The van der Waals surface area contributed by atoms with Crippen molar-refractivity contribution in [3.05, 3.63) is 48.0 Å². The Bertz CT molecular complexity index is 1150. The van der Waals surface area contributed by atoms with Gasteiger partial charge >= 0.3 is 0 Å². The van der Waals surface area contributed by atoms with Crippen molar-refractivity contribution < 1.29 is 23.4 Å². The monoisotopic (exact) mass is 481 g/mol. The van der Waals surface area contributed by atoms with E-state index in [0.717, 1.165) is 48.4 Å². The Morgan fingerprint density at radius 2 is 1.97 bits per heavy atom. The summed E-state index contributed by atoms with van der Waals surface area (Å²) < 4.78 is 23.1. The lowest BCUT2D eigenvalue weighted by Gasteiger charge is -2.25.